The Morgan fingerprint density at radius 3 is 2.90 bits per heavy atom. The van der Waals surface area contributed by atoms with Gasteiger partial charge in [0.05, 0.1) is 30.3 Å². The lowest BCUT2D eigenvalue weighted by atomic mass is 10.1. The Hall–Kier alpha value is -1.96. The van der Waals surface area contributed by atoms with Crippen molar-refractivity contribution in [2.75, 3.05) is 26.2 Å². The minimum atomic E-state index is -0.114. The summed E-state index contributed by atoms with van der Waals surface area (Å²) in [6.07, 6.45) is 3.12. The third-order valence-corrected chi connectivity index (χ3v) is 3.39. The Kier molecular flexibility index (Phi) is 4.14. The largest absolute Gasteiger partial charge is 0.335 e. The number of nitrogens with one attached hydrogen (secondary N) is 1. The molecule has 0 aliphatic carbocycles. The molecule has 0 unspecified atom stereocenters. The number of aromatic nitrogens is 3. The average molecular weight is 308 g/mol. The number of hydrogen-bond donors (Lipinski definition) is 1. The van der Waals surface area contributed by atoms with Crippen molar-refractivity contribution in [3.05, 3.63) is 41.2 Å². The van der Waals surface area contributed by atoms with Gasteiger partial charge in [-0.1, -0.05) is 11.6 Å². The van der Waals surface area contributed by atoms with E-state index in [1.165, 1.54) is 4.80 Å². The lowest BCUT2D eigenvalue weighted by Crippen LogP contribution is -2.35. The van der Waals surface area contributed by atoms with Crippen LogP contribution in [-0.4, -0.2) is 52.0 Å². The molecule has 1 aliphatic rings. The Balaban J connectivity index is 1.96. The zero-order chi connectivity index (χ0) is 14.7. The highest BCUT2D eigenvalue weighted by atomic mass is 35.5. The zero-order valence-electron chi connectivity index (χ0n) is 11.2. The monoisotopic (exact) mass is 307 g/mol. The van der Waals surface area contributed by atoms with Crippen LogP contribution in [0.3, 0.4) is 0 Å². The molecule has 21 heavy (non-hydrogen) atoms. The van der Waals surface area contributed by atoms with E-state index in [0.29, 0.717) is 42.5 Å². The second kappa shape index (κ2) is 6.21. The number of nitrogens with zero attached hydrogens (tertiary/aromatic N) is 4. The summed E-state index contributed by atoms with van der Waals surface area (Å²) in [5, 5.41) is 8.65. The van der Waals surface area contributed by atoms with Crippen LogP contribution < -0.4 is 5.48 Å². The lowest BCUT2D eigenvalue weighted by Gasteiger charge is -2.20. The van der Waals surface area contributed by atoms with Gasteiger partial charge in [-0.05, 0) is 18.2 Å². The van der Waals surface area contributed by atoms with Crippen molar-refractivity contribution in [2.45, 2.75) is 0 Å². The molecule has 0 spiro atoms. The van der Waals surface area contributed by atoms with Crippen LogP contribution in [0.25, 0.3) is 5.69 Å². The molecule has 1 fully saturated rings. The van der Waals surface area contributed by atoms with E-state index in [1.807, 2.05) is 0 Å². The van der Waals surface area contributed by atoms with Crippen LogP contribution in [0.2, 0.25) is 5.02 Å². The third-order valence-electron chi connectivity index (χ3n) is 3.16. The number of carbonyl (C=O) groups excluding carboxylic acids is 1. The van der Waals surface area contributed by atoms with E-state index in [0.717, 1.165) is 0 Å². The fourth-order valence-corrected chi connectivity index (χ4v) is 2.33. The summed E-state index contributed by atoms with van der Waals surface area (Å²) in [4.78, 5) is 21.0. The van der Waals surface area contributed by atoms with E-state index in [-0.39, 0.29) is 5.91 Å². The van der Waals surface area contributed by atoms with Crippen LogP contribution in [0.15, 0.2) is 30.6 Å². The van der Waals surface area contributed by atoms with Crippen LogP contribution in [0.5, 0.6) is 0 Å². The second-order valence-corrected chi connectivity index (χ2v) is 4.95. The first-order chi connectivity index (χ1) is 10.3. The molecule has 8 heteroatoms. The van der Waals surface area contributed by atoms with E-state index >= 15 is 0 Å². The van der Waals surface area contributed by atoms with Gasteiger partial charge < -0.3 is 4.90 Å². The van der Waals surface area contributed by atoms with Gasteiger partial charge in [0.15, 0.2) is 0 Å². The van der Waals surface area contributed by atoms with Gasteiger partial charge in [0.25, 0.3) is 5.91 Å². The van der Waals surface area contributed by atoms with Gasteiger partial charge in [0.1, 0.15) is 0 Å². The van der Waals surface area contributed by atoms with Crippen molar-refractivity contribution >= 4 is 17.5 Å². The molecule has 0 radical (unpaired) electrons. The molecular weight excluding hydrogens is 294 g/mol. The Bertz CT molecular complexity index is 623. The quantitative estimate of drug-likeness (QED) is 0.892. The lowest BCUT2D eigenvalue weighted by molar-refractivity contribution is 0.0522. The highest BCUT2D eigenvalue weighted by Crippen LogP contribution is 2.20. The molecule has 1 aliphatic heterocycles. The first-order valence-corrected chi connectivity index (χ1v) is 6.93. The Labute approximate surface area is 126 Å². The van der Waals surface area contributed by atoms with Gasteiger partial charge in [0, 0.05) is 24.7 Å². The number of carbonyl (C=O) groups is 1. The topological polar surface area (TPSA) is 72.3 Å². The first-order valence-electron chi connectivity index (χ1n) is 6.56. The summed E-state index contributed by atoms with van der Waals surface area (Å²) in [5.41, 5.74) is 3.86. The molecule has 2 aromatic rings. The normalized spacial score (nSPS) is 15.8. The maximum atomic E-state index is 12.7. The number of hydrogen-bond acceptors (Lipinski definition) is 5. The van der Waals surface area contributed by atoms with Gasteiger partial charge in [-0.15, -0.1) is 0 Å². The minimum Gasteiger partial charge on any atom is -0.335 e. The maximum absolute atomic E-state index is 12.7. The van der Waals surface area contributed by atoms with E-state index < -0.39 is 0 Å². The van der Waals surface area contributed by atoms with Crippen LogP contribution in [0, 0.1) is 0 Å². The van der Waals surface area contributed by atoms with Crippen LogP contribution in [0.1, 0.15) is 10.4 Å². The predicted molar refractivity (Wildman–Crippen MR) is 76.2 cm³/mol. The van der Waals surface area contributed by atoms with Crippen LogP contribution >= 0.6 is 11.6 Å². The van der Waals surface area contributed by atoms with Gasteiger partial charge in [-0.2, -0.15) is 15.0 Å². The van der Waals surface area contributed by atoms with Crippen molar-refractivity contribution in [3.8, 4) is 5.69 Å². The zero-order valence-corrected chi connectivity index (χ0v) is 12.0. The van der Waals surface area contributed by atoms with Gasteiger partial charge >= 0.3 is 0 Å². The van der Waals surface area contributed by atoms with E-state index in [1.54, 1.807) is 35.5 Å². The fraction of sp³-hybridized carbons (Fsp3) is 0.308. The SMILES string of the molecule is O=C(c1cc(Cl)ccc1-n1nccn1)N1CCNOCC1. The summed E-state index contributed by atoms with van der Waals surface area (Å²) in [5.74, 6) is -0.114. The summed E-state index contributed by atoms with van der Waals surface area (Å²) in [7, 11) is 0. The smallest absolute Gasteiger partial charge is 0.256 e. The molecule has 0 bridgehead atoms. The fourth-order valence-electron chi connectivity index (χ4n) is 2.16. The summed E-state index contributed by atoms with van der Waals surface area (Å²) in [6.45, 7) is 2.12. The molecule has 1 aromatic heterocycles. The summed E-state index contributed by atoms with van der Waals surface area (Å²) < 4.78 is 0. The standard InChI is InChI=1S/C13H14ClN5O2/c14-10-1-2-12(19-15-3-4-16-19)11(9-10)13(20)18-6-5-17-21-8-7-18/h1-4,9,17H,5-8H2. The predicted octanol–water partition coefficient (Wildman–Crippen LogP) is 0.898. The molecule has 2 heterocycles. The molecule has 1 N–H and O–H groups in total. The third kappa shape index (κ3) is 3.05. The van der Waals surface area contributed by atoms with Crippen LogP contribution in [-0.2, 0) is 4.84 Å². The summed E-state index contributed by atoms with van der Waals surface area (Å²) >= 11 is 6.04. The van der Waals surface area contributed by atoms with Gasteiger partial charge in [-0.25, -0.2) is 5.48 Å². The minimum absolute atomic E-state index is 0.114. The molecule has 1 saturated heterocycles. The molecule has 1 aromatic carbocycles. The van der Waals surface area contributed by atoms with Crippen LogP contribution in [0.4, 0.5) is 0 Å². The number of rotatable bonds is 2. The van der Waals surface area contributed by atoms with Crippen molar-refractivity contribution < 1.29 is 9.63 Å². The highest BCUT2D eigenvalue weighted by Gasteiger charge is 2.21. The van der Waals surface area contributed by atoms with E-state index in [9.17, 15) is 4.79 Å². The second-order valence-electron chi connectivity index (χ2n) is 4.51. The number of benzene rings is 1. The van der Waals surface area contributed by atoms with Crippen molar-refractivity contribution in [1.29, 1.82) is 0 Å². The van der Waals surface area contributed by atoms with Gasteiger partial charge in [0.2, 0.25) is 0 Å². The molecule has 7 nitrogen and oxygen atoms in total. The molecule has 0 atom stereocenters. The van der Waals surface area contributed by atoms with Gasteiger partial charge in [-0.3, -0.25) is 9.63 Å². The average Bonchev–Trinajstić information content (AvgIpc) is 2.88. The highest BCUT2D eigenvalue weighted by molar-refractivity contribution is 6.31. The van der Waals surface area contributed by atoms with Crippen molar-refractivity contribution in [2.24, 2.45) is 0 Å². The number of amides is 1. The summed E-state index contributed by atoms with van der Waals surface area (Å²) in [6, 6.07) is 5.09. The maximum Gasteiger partial charge on any atom is 0.256 e. The molecule has 3 rings (SSSR count). The molecule has 0 saturated carbocycles. The Morgan fingerprint density at radius 1 is 1.29 bits per heavy atom. The van der Waals surface area contributed by atoms with E-state index in [2.05, 4.69) is 15.7 Å². The Morgan fingerprint density at radius 2 is 2.10 bits per heavy atom. The number of halogens is 1. The first kappa shape index (κ1) is 14.0. The molecular formula is C13H14ClN5O2. The van der Waals surface area contributed by atoms with E-state index in [4.69, 9.17) is 16.4 Å². The number of hydroxylamine groups is 1. The van der Waals surface area contributed by atoms with Crippen molar-refractivity contribution in [3.63, 3.8) is 0 Å². The molecule has 110 valence electrons. The molecule has 1 amide bonds. The van der Waals surface area contributed by atoms with Crippen molar-refractivity contribution in [1.82, 2.24) is 25.4 Å².